The minimum absolute atomic E-state index is 0. The van der Waals surface area contributed by atoms with Gasteiger partial charge in [0.15, 0.2) is 5.66 Å². The summed E-state index contributed by atoms with van der Waals surface area (Å²) in [7, 11) is -2.25. The third-order valence-corrected chi connectivity index (χ3v) is 11.9. The molecule has 5 aromatic rings. The maximum atomic E-state index is 14.4. The Labute approximate surface area is 223 Å². The average Bonchev–Trinajstić information content (AvgIpc) is 3.32. The fraction of sp³-hybridized carbons (Fsp3) is 0.0938. The Morgan fingerprint density at radius 1 is 0.583 bits per heavy atom. The maximum absolute atomic E-state index is 14.4. The van der Waals surface area contributed by atoms with Crippen LogP contribution < -0.4 is 37.8 Å². The van der Waals surface area contributed by atoms with Gasteiger partial charge in [0, 0.05) is 18.7 Å². The number of amides is 1. The normalized spacial score (nSPS) is 15.6. The van der Waals surface area contributed by atoms with Crippen molar-refractivity contribution < 1.29 is 21.8 Å². The van der Waals surface area contributed by atoms with Crippen LogP contribution in [0.15, 0.2) is 133 Å². The van der Waals surface area contributed by atoms with Crippen molar-refractivity contribution in [3.8, 4) is 0 Å². The smallest absolute Gasteiger partial charge is 0.268 e. The van der Waals surface area contributed by atoms with Crippen LogP contribution in [0.25, 0.3) is 10.8 Å². The van der Waals surface area contributed by atoms with Crippen molar-refractivity contribution in [2.45, 2.75) is 12.1 Å². The molecule has 0 saturated carbocycles. The predicted octanol–water partition coefficient (Wildman–Crippen LogP) is 2.94. The molecule has 1 saturated heterocycles. The Kier molecular flexibility index (Phi) is 7.05. The number of hydrogen-bond donors (Lipinski definition) is 0. The van der Waals surface area contributed by atoms with E-state index < -0.39 is 7.26 Å². The first kappa shape index (κ1) is 24.4. The summed E-state index contributed by atoms with van der Waals surface area (Å²) in [5.74, 6) is 0.227. The summed E-state index contributed by atoms with van der Waals surface area (Å²) in [6, 6.07) is 46.9. The number of nitrogens with zero attached hydrogens (tertiary/aromatic N) is 1. The van der Waals surface area contributed by atoms with Crippen molar-refractivity contribution in [1.82, 2.24) is 0 Å². The summed E-state index contributed by atoms with van der Waals surface area (Å²) >= 11 is 0. The van der Waals surface area contributed by atoms with Crippen molar-refractivity contribution >= 4 is 45.5 Å². The molecule has 2 nitrogen and oxygen atoms in total. The van der Waals surface area contributed by atoms with E-state index in [-0.39, 0.29) is 28.5 Å². The molecule has 1 aliphatic heterocycles. The van der Waals surface area contributed by atoms with Crippen molar-refractivity contribution in [3.63, 3.8) is 0 Å². The lowest BCUT2D eigenvalue weighted by molar-refractivity contribution is -0.116. The SMILES string of the molecule is O=C1[C@H]([P+](c2ccccc2)(c2ccccc2)c2ccccc2)CCN1c1ccc2ccccc2c1.[Br-]. The van der Waals surface area contributed by atoms with Crippen LogP contribution in [0.1, 0.15) is 6.42 Å². The van der Waals surface area contributed by atoms with Gasteiger partial charge in [-0.25, -0.2) is 0 Å². The molecule has 0 aliphatic carbocycles. The first-order chi connectivity index (χ1) is 17.3. The lowest BCUT2D eigenvalue weighted by atomic mass is 10.1. The molecule has 1 aliphatic rings. The van der Waals surface area contributed by atoms with Gasteiger partial charge in [0.25, 0.3) is 5.91 Å². The summed E-state index contributed by atoms with van der Waals surface area (Å²) in [4.78, 5) is 16.4. The quantitative estimate of drug-likeness (QED) is 0.307. The Morgan fingerprint density at radius 3 is 1.58 bits per heavy atom. The maximum Gasteiger partial charge on any atom is 0.268 e. The zero-order chi connectivity index (χ0) is 23.7. The zero-order valence-corrected chi connectivity index (χ0v) is 22.4. The fourth-order valence-corrected chi connectivity index (χ4v) is 10.5. The molecule has 1 heterocycles. The van der Waals surface area contributed by atoms with Crippen LogP contribution in [-0.4, -0.2) is 18.1 Å². The number of benzene rings is 5. The van der Waals surface area contributed by atoms with Gasteiger partial charge in [0.05, 0.1) is 0 Å². The van der Waals surface area contributed by atoms with Crippen LogP contribution in [-0.2, 0) is 4.79 Å². The van der Waals surface area contributed by atoms with Crippen molar-refractivity contribution in [2.24, 2.45) is 0 Å². The van der Waals surface area contributed by atoms with Gasteiger partial charge < -0.3 is 21.9 Å². The van der Waals surface area contributed by atoms with E-state index in [0.29, 0.717) is 0 Å². The van der Waals surface area contributed by atoms with Crippen LogP contribution in [0.2, 0.25) is 0 Å². The van der Waals surface area contributed by atoms with Crippen molar-refractivity contribution in [1.29, 1.82) is 0 Å². The molecule has 178 valence electrons. The van der Waals surface area contributed by atoms with Gasteiger partial charge in [-0.3, -0.25) is 4.79 Å². The van der Waals surface area contributed by atoms with E-state index in [0.717, 1.165) is 24.0 Å². The van der Waals surface area contributed by atoms with Crippen LogP contribution >= 0.6 is 7.26 Å². The van der Waals surface area contributed by atoms with Gasteiger partial charge in [-0.15, -0.1) is 0 Å². The second-order valence-electron chi connectivity index (χ2n) is 9.06. The molecule has 5 aromatic carbocycles. The first-order valence-electron chi connectivity index (χ1n) is 12.1. The summed E-state index contributed by atoms with van der Waals surface area (Å²) < 4.78 is 0. The molecule has 0 aromatic heterocycles. The zero-order valence-electron chi connectivity index (χ0n) is 19.9. The lowest BCUT2D eigenvalue weighted by Gasteiger charge is -2.32. The standard InChI is InChI=1S/C32H27NOP.BrH/c34-32-31(22-23-33(32)27-21-20-25-12-10-11-13-26(25)24-27)35(28-14-4-1-5-15-28,29-16-6-2-7-17-29)30-18-8-3-9-19-30;/h1-21,24,31H,22-23H2;1H/q+1;/p-1/t31-;/m1./s1. The van der Waals surface area contributed by atoms with E-state index in [2.05, 4.69) is 133 Å². The van der Waals surface area contributed by atoms with Crippen LogP contribution in [0, 0.1) is 0 Å². The van der Waals surface area contributed by atoms with E-state index in [1.807, 2.05) is 4.90 Å². The third kappa shape index (κ3) is 4.07. The van der Waals surface area contributed by atoms with Crippen LogP contribution in [0.5, 0.6) is 0 Å². The fourth-order valence-electron chi connectivity index (χ4n) is 5.60. The lowest BCUT2D eigenvalue weighted by Crippen LogP contribution is -3.00. The molecule has 0 N–H and O–H groups in total. The van der Waals surface area contributed by atoms with E-state index in [1.54, 1.807) is 0 Å². The Morgan fingerprint density at radius 2 is 1.06 bits per heavy atom. The number of halogens is 1. The van der Waals surface area contributed by atoms with Gasteiger partial charge in [0.2, 0.25) is 0 Å². The van der Waals surface area contributed by atoms with Gasteiger partial charge >= 0.3 is 0 Å². The monoisotopic (exact) mass is 551 g/mol. The minimum Gasteiger partial charge on any atom is -1.00 e. The van der Waals surface area contributed by atoms with Gasteiger partial charge in [-0.2, -0.15) is 0 Å². The molecule has 0 bridgehead atoms. The molecule has 6 rings (SSSR count). The Balaban J connectivity index is 0.00000267. The Bertz CT molecular complexity index is 1380. The number of carbonyl (C=O) groups excluding carboxylic acids is 1. The van der Waals surface area contributed by atoms with E-state index in [9.17, 15) is 4.79 Å². The van der Waals surface area contributed by atoms with E-state index >= 15 is 0 Å². The highest BCUT2D eigenvalue weighted by molar-refractivity contribution is 7.97. The largest absolute Gasteiger partial charge is 1.00 e. The van der Waals surface area contributed by atoms with Gasteiger partial charge in [-0.05, 0) is 59.3 Å². The molecule has 36 heavy (non-hydrogen) atoms. The second-order valence-corrected chi connectivity index (χ2v) is 12.7. The number of carbonyl (C=O) groups is 1. The Hall–Kier alpha value is -3.26. The highest BCUT2D eigenvalue weighted by Crippen LogP contribution is 2.62. The average molecular weight is 552 g/mol. The minimum atomic E-state index is -2.25. The molecule has 4 heteroatoms. The molecule has 0 spiro atoms. The highest BCUT2D eigenvalue weighted by atomic mass is 79.9. The molecule has 1 fully saturated rings. The number of fused-ring (bicyclic) bond motifs is 1. The van der Waals surface area contributed by atoms with Gasteiger partial charge in [-0.1, -0.05) is 84.9 Å². The summed E-state index contributed by atoms with van der Waals surface area (Å²) in [6.45, 7) is 0.732. The summed E-state index contributed by atoms with van der Waals surface area (Å²) in [5.41, 5.74) is 0.879. The van der Waals surface area contributed by atoms with Crippen LogP contribution in [0.4, 0.5) is 5.69 Å². The van der Waals surface area contributed by atoms with Gasteiger partial charge in [0.1, 0.15) is 23.2 Å². The van der Waals surface area contributed by atoms with Crippen molar-refractivity contribution in [2.75, 3.05) is 11.4 Å². The van der Waals surface area contributed by atoms with E-state index in [4.69, 9.17) is 0 Å². The molecule has 0 radical (unpaired) electrons. The number of anilines is 1. The molecule has 0 unspecified atom stereocenters. The highest BCUT2D eigenvalue weighted by Gasteiger charge is 2.58. The second kappa shape index (κ2) is 10.4. The third-order valence-electron chi connectivity index (χ3n) is 7.18. The van der Waals surface area contributed by atoms with Crippen molar-refractivity contribution in [3.05, 3.63) is 133 Å². The topological polar surface area (TPSA) is 20.3 Å². The summed E-state index contributed by atoms with van der Waals surface area (Å²) in [5, 5.41) is 6.14. The molecular formula is C32H27BrNOP. The number of hydrogen-bond acceptors (Lipinski definition) is 1. The first-order valence-corrected chi connectivity index (χ1v) is 14.0. The molecular weight excluding hydrogens is 525 g/mol. The molecule has 1 amide bonds. The molecule has 1 atom stereocenters. The number of rotatable bonds is 5. The predicted molar refractivity (Wildman–Crippen MR) is 150 cm³/mol. The van der Waals surface area contributed by atoms with E-state index in [1.165, 1.54) is 21.3 Å². The van der Waals surface area contributed by atoms with Crippen LogP contribution in [0.3, 0.4) is 0 Å². The summed E-state index contributed by atoms with van der Waals surface area (Å²) in [6.07, 6.45) is 0.831.